The molecular weight excluding hydrogens is 665 g/mol. The van der Waals surface area contributed by atoms with E-state index in [0.29, 0.717) is 34.0 Å². The zero-order valence-corrected chi connectivity index (χ0v) is 28.4. The van der Waals surface area contributed by atoms with Crippen LogP contribution in [-0.2, 0) is 22.5 Å². The highest BCUT2D eigenvalue weighted by Gasteiger charge is 2.31. The molecule has 248 valence electrons. The number of pyridine rings is 1. The molecule has 0 spiro atoms. The van der Waals surface area contributed by atoms with Gasteiger partial charge in [0, 0.05) is 40.7 Å². The molecule has 0 amide bonds. The summed E-state index contributed by atoms with van der Waals surface area (Å²) < 4.78 is 17.7. The van der Waals surface area contributed by atoms with Gasteiger partial charge in [-0.25, -0.2) is 9.59 Å². The number of likely N-dealkylation sites (tertiary alicyclic amines) is 1. The number of aromatic carboxylic acids is 1. The maximum absolute atomic E-state index is 13.4. The number of thiophene rings is 1. The highest BCUT2D eigenvalue weighted by molar-refractivity contribution is 7.14. The summed E-state index contributed by atoms with van der Waals surface area (Å²) in [6.07, 6.45) is 3.44. The monoisotopic (exact) mass is 700 g/mol. The van der Waals surface area contributed by atoms with E-state index in [4.69, 9.17) is 37.4 Å². The van der Waals surface area contributed by atoms with Gasteiger partial charge in [-0.15, -0.1) is 11.3 Å². The van der Waals surface area contributed by atoms with Gasteiger partial charge in [0.25, 0.3) is 0 Å². The molecule has 0 aliphatic carbocycles. The Morgan fingerprint density at radius 3 is 2.36 bits per heavy atom. The third-order valence-electron chi connectivity index (χ3n) is 8.15. The minimum atomic E-state index is -1.09. The van der Waals surface area contributed by atoms with Gasteiger partial charge in [-0.3, -0.25) is 10.5 Å². The van der Waals surface area contributed by atoms with Crippen molar-refractivity contribution in [3.05, 3.63) is 109 Å². The van der Waals surface area contributed by atoms with Crippen LogP contribution < -0.4 is 19.5 Å². The Morgan fingerprint density at radius 2 is 1.74 bits per heavy atom. The largest absolute Gasteiger partial charge is 0.493 e. The van der Waals surface area contributed by atoms with Crippen LogP contribution in [0.4, 0.5) is 0 Å². The van der Waals surface area contributed by atoms with Crippen molar-refractivity contribution < 1.29 is 38.8 Å². The van der Waals surface area contributed by atoms with Gasteiger partial charge in [0.05, 0.1) is 14.2 Å². The third-order valence-corrected chi connectivity index (χ3v) is 9.94. The SMILES string of the molecule is COc1ccc([C@H](Cc2c(Cl)c[n+](O)cc2Cl)c2cc(CNC(C(=O)O[C@H]3CCN(C)C3)c3ccccc3)sc2C(=O)O)cc1OC. The predicted octanol–water partition coefficient (Wildman–Crippen LogP) is 5.75. The second kappa shape index (κ2) is 15.4. The summed E-state index contributed by atoms with van der Waals surface area (Å²) in [5.41, 5.74) is 2.55. The fourth-order valence-electron chi connectivity index (χ4n) is 5.80. The molecule has 13 heteroatoms. The number of rotatable bonds is 13. The Balaban J connectivity index is 1.50. The average Bonchev–Trinajstić information content (AvgIpc) is 3.66. The van der Waals surface area contributed by atoms with E-state index in [1.165, 1.54) is 26.6 Å². The molecular formula is C34H36Cl2N3O7S+. The first-order chi connectivity index (χ1) is 22.6. The Kier molecular flexibility index (Phi) is 11.3. The number of benzene rings is 2. The first kappa shape index (κ1) is 34.5. The summed E-state index contributed by atoms with van der Waals surface area (Å²) in [5, 5.41) is 24.1. The van der Waals surface area contributed by atoms with E-state index >= 15 is 0 Å². The van der Waals surface area contributed by atoms with E-state index in [-0.39, 0.29) is 40.0 Å². The van der Waals surface area contributed by atoms with Crippen molar-refractivity contribution >= 4 is 46.5 Å². The van der Waals surface area contributed by atoms with Gasteiger partial charge in [0.2, 0.25) is 12.4 Å². The molecule has 1 saturated heterocycles. The molecule has 10 nitrogen and oxygen atoms in total. The quantitative estimate of drug-likeness (QED) is 0.0910. The molecule has 1 fully saturated rings. The molecule has 2 aromatic carbocycles. The molecule has 1 aliphatic rings. The van der Waals surface area contributed by atoms with Crippen LogP contribution in [0.1, 0.15) is 55.2 Å². The fourth-order valence-corrected chi connectivity index (χ4v) is 7.41. The van der Waals surface area contributed by atoms with Crippen molar-refractivity contribution in [2.45, 2.75) is 37.5 Å². The second-order valence-corrected chi connectivity index (χ2v) is 13.3. The van der Waals surface area contributed by atoms with Crippen LogP contribution >= 0.6 is 34.5 Å². The lowest BCUT2D eigenvalue weighted by molar-refractivity contribution is -0.904. The van der Waals surface area contributed by atoms with E-state index in [9.17, 15) is 19.9 Å². The van der Waals surface area contributed by atoms with Gasteiger partial charge in [-0.1, -0.05) is 59.6 Å². The van der Waals surface area contributed by atoms with Gasteiger partial charge < -0.3 is 24.2 Å². The first-order valence-electron chi connectivity index (χ1n) is 14.9. The maximum Gasteiger partial charge on any atom is 0.346 e. The zero-order valence-electron chi connectivity index (χ0n) is 26.1. The number of carbonyl (C=O) groups is 2. The number of carboxylic acid groups (broad SMARTS) is 1. The lowest BCUT2D eigenvalue weighted by Crippen LogP contribution is -2.33. The van der Waals surface area contributed by atoms with Crippen LogP contribution in [0.2, 0.25) is 10.0 Å². The van der Waals surface area contributed by atoms with Crippen LogP contribution in [0.15, 0.2) is 67.0 Å². The molecule has 0 bridgehead atoms. The molecule has 0 radical (unpaired) electrons. The van der Waals surface area contributed by atoms with E-state index in [1.54, 1.807) is 12.1 Å². The van der Waals surface area contributed by atoms with Crippen LogP contribution in [0.25, 0.3) is 0 Å². The molecule has 3 atom stereocenters. The van der Waals surface area contributed by atoms with E-state index in [2.05, 4.69) is 10.2 Å². The first-order valence-corrected chi connectivity index (χ1v) is 16.5. The molecule has 1 unspecified atom stereocenters. The number of nitrogens with one attached hydrogen (secondary N) is 1. The van der Waals surface area contributed by atoms with Gasteiger partial charge in [0.15, 0.2) is 11.5 Å². The van der Waals surface area contributed by atoms with E-state index in [0.717, 1.165) is 40.2 Å². The third kappa shape index (κ3) is 8.17. The van der Waals surface area contributed by atoms with Gasteiger partial charge in [-0.2, -0.15) is 0 Å². The number of aromatic nitrogens is 1. The van der Waals surface area contributed by atoms with Crippen LogP contribution in [0, 0.1) is 0 Å². The van der Waals surface area contributed by atoms with Crippen molar-refractivity contribution in [3.63, 3.8) is 0 Å². The summed E-state index contributed by atoms with van der Waals surface area (Å²) in [6, 6.07) is 15.8. The lowest BCUT2D eigenvalue weighted by atomic mass is 9.85. The highest BCUT2D eigenvalue weighted by Crippen LogP contribution is 2.41. The van der Waals surface area contributed by atoms with Crippen LogP contribution in [0.5, 0.6) is 11.5 Å². The van der Waals surface area contributed by atoms with Crippen molar-refractivity contribution in [3.8, 4) is 11.5 Å². The maximum atomic E-state index is 13.4. The van der Waals surface area contributed by atoms with E-state index < -0.39 is 17.9 Å². The number of carbonyl (C=O) groups excluding carboxylic acids is 1. The minimum absolute atomic E-state index is 0.134. The molecule has 47 heavy (non-hydrogen) atoms. The Hall–Kier alpha value is -3.87. The van der Waals surface area contributed by atoms with Crippen molar-refractivity contribution in [2.75, 3.05) is 34.4 Å². The molecule has 2 aromatic heterocycles. The van der Waals surface area contributed by atoms with Crippen LogP contribution in [-0.4, -0.2) is 67.6 Å². The number of likely N-dealkylation sites (N-methyl/N-ethyl adjacent to an activating group) is 1. The lowest BCUT2D eigenvalue weighted by Gasteiger charge is -2.21. The predicted molar refractivity (Wildman–Crippen MR) is 178 cm³/mol. The Bertz CT molecular complexity index is 1710. The number of halogens is 2. The average molecular weight is 702 g/mol. The molecule has 3 heterocycles. The van der Waals surface area contributed by atoms with Gasteiger partial charge in [-0.05, 0) is 54.8 Å². The standard InChI is InChI=1S/C34H35Cl2N3O7S/c1-38-12-11-22(17-38)46-34(42)31(20-7-5-4-6-8-20)37-16-23-14-25(32(47-23)33(40)41)24(15-26-27(35)18-39(43)19-28(26)36)21-9-10-29(44-2)30(13-21)45-3/h4-10,13-14,18-19,22,24,31,37H,11-12,15-17H2,1-3H3,(H-,40,41,43)/p+1/t22-,24-,31?/m0/s1. The van der Waals surface area contributed by atoms with Crippen molar-refractivity contribution in [1.82, 2.24) is 10.2 Å². The number of carboxylic acids is 1. The topological polar surface area (TPSA) is 121 Å². The molecule has 5 rings (SSSR count). The number of esters is 1. The van der Waals surface area contributed by atoms with E-state index in [1.807, 2.05) is 49.5 Å². The number of nitrogens with zero attached hydrogens (tertiary/aromatic N) is 2. The number of ether oxygens (including phenoxy) is 3. The summed E-state index contributed by atoms with van der Waals surface area (Å²) in [6.45, 7) is 1.74. The highest BCUT2D eigenvalue weighted by atomic mass is 35.5. The molecule has 1 aliphatic heterocycles. The van der Waals surface area contributed by atoms with Crippen molar-refractivity contribution in [1.29, 1.82) is 0 Å². The Labute approximate surface area is 287 Å². The molecule has 0 saturated carbocycles. The molecule has 4 aromatic rings. The van der Waals surface area contributed by atoms with Gasteiger partial charge in [0.1, 0.15) is 27.1 Å². The summed E-state index contributed by atoms with van der Waals surface area (Å²) >= 11 is 14.2. The summed E-state index contributed by atoms with van der Waals surface area (Å²) in [4.78, 5) is 29.1. The smallest absolute Gasteiger partial charge is 0.346 e. The van der Waals surface area contributed by atoms with Crippen LogP contribution in [0.3, 0.4) is 0 Å². The summed E-state index contributed by atoms with van der Waals surface area (Å²) in [7, 11) is 5.05. The van der Waals surface area contributed by atoms with Crippen molar-refractivity contribution in [2.24, 2.45) is 0 Å². The molecule has 3 N–H and O–H groups in total. The number of hydrogen-bond acceptors (Lipinski definition) is 9. The fraction of sp³-hybridized carbons (Fsp3) is 0.324. The van der Waals surface area contributed by atoms with Gasteiger partial charge >= 0.3 is 11.9 Å². The normalized spacial score (nSPS) is 16.1. The summed E-state index contributed by atoms with van der Waals surface area (Å²) in [5.74, 6) is -1.03. The second-order valence-electron chi connectivity index (χ2n) is 11.3. The zero-order chi connectivity index (χ0) is 33.7. The minimum Gasteiger partial charge on any atom is -0.493 e. The number of hydrogen-bond donors (Lipinski definition) is 3. The number of methoxy groups -OCH3 is 2. The Morgan fingerprint density at radius 1 is 1.04 bits per heavy atom.